The Morgan fingerprint density at radius 2 is 1.88 bits per heavy atom. The number of likely N-dealkylation sites (tertiary alicyclic amines) is 1. The Labute approximate surface area is 152 Å². The van der Waals surface area contributed by atoms with Gasteiger partial charge in [0.2, 0.25) is 0 Å². The minimum Gasteiger partial charge on any atom is -0.358 e. The first-order chi connectivity index (χ1) is 12.1. The summed E-state index contributed by atoms with van der Waals surface area (Å²) in [6.07, 6.45) is 1.97. The Kier molecular flexibility index (Phi) is 4.26. The van der Waals surface area contributed by atoms with E-state index in [2.05, 4.69) is 11.1 Å². The van der Waals surface area contributed by atoms with E-state index >= 15 is 0 Å². The lowest BCUT2D eigenvalue weighted by Gasteiger charge is -2.32. The van der Waals surface area contributed by atoms with Crippen molar-refractivity contribution in [2.45, 2.75) is 25.7 Å². The van der Waals surface area contributed by atoms with Crippen molar-refractivity contribution in [1.29, 1.82) is 0 Å². The molecular weight excluding hydrogens is 332 g/mol. The van der Waals surface area contributed by atoms with Gasteiger partial charge >= 0.3 is 0 Å². The molecule has 128 valence electrons. The molecule has 1 aliphatic rings. The summed E-state index contributed by atoms with van der Waals surface area (Å²) >= 11 is 6.08. The van der Waals surface area contributed by atoms with E-state index in [9.17, 15) is 4.79 Å². The molecule has 4 heteroatoms. The molecule has 1 fully saturated rings. The molecule has 4 rings (SSSR count). The second kappa shape index (κ2) is 6.57. The van der Waals surface area contributed by atoms with Crippen LogP contribution in [0.3, 0.4) is 0 Å². The molecule has 0 bridgehead atoms. The molecule has 1 saturated heterocycles. The maximum Gasteiger partial charge on any atom is 0.254 e. The van der Waals surface area contributed by atoms with Gasteiger partial charge in [-0.2, -0.15) is 0 Å². The summed E-state index contributed by atoms with van der Waals surface area (Å²) in [5, 5.41) is 1.91. The Morgan fingerprint density at radius 3 is 2.64 bits per heavy atom. The number of hydrogen-bond acceptors (Lipinski definition) is 1. The van der Waals surface area contributed by atoms with E-state index < -0.39 is 0 Å². The molecule has 0 spiro atoms. The maximum absolute atomic E-state index is 12.7. The van der Waals surface area contributed by atoms with Gasteiger partial charge in [-0.3, -0.25) is 4.79 Å². The summed E-state index contributed by atoms with van der Waals surface area (Å²) in [5.74, 6) is 0.618. The lowest BCUT2D eigenvalue weighted by Crippen LogP contribution is -2.38. The van der Waals surface area contributed by atoms with E-state index in [1.54, 1.807) is 0 Å². The van der Waals surface area contributed by atoms with E-state index in [1.807, 2.05) is 54.3 Å². The predicted octanol–water partition coefficient (Wildman–Crippen LogP) is 5.15. The van der Waals surface area contributed by atoms with E-state index in [0.29, 0.717) is 5.92 Å². The van der Waals surface area contributed by atoms with Gasteiger partial charge in [-0.1, -0.05) is 29.8 Å². The first kappa shape index (κ1) is 16.2. The number of nitrogens with zero attached hydrogens (tertiary/aromatic N) is 1. The zero-order chi connectivity index (χ0) is 17.4. The topological polar surface area (TPSA) is 36.1 Å². The summed E-state index contributed by atoms with van der Waals surface area (Å²) in [4.78, 5) is 18.2. The molecule has 0 unspecified atom stereocenters. The highest BCUT2D eigenvalue weighted by atomic mass is 35.5. The van der Waals surface area contributed by atoms with Gasteiger partial charge in [0.1, 0.15) is 0 Å². The van der Waals surface area contributed by atoms with Crippen molar-refractivity contribution in [2.75, 3.05) is 13.1 Å². The second-order valence-electron chi connectivity index (χ2n) is 6.84. The van der Waals surface area contributed by atoms with Gasteiger partial charge in [0.05, 0.1) is 0 Å². The molecule has 0 saturated carbocycles. The number of aryl methyl sites for hydroxylation is 1. The molecule has 1 amide bonds. The summed E-state index contributed by atoms with van der Waals surface area (Å²) in [7, 11) is 0. The van der Waals surface area contributed by atoms with E-state index in [1.165, 1.54) is 5.69 Å². The van der Waals surface area contributed by atoms with Crippen LogP contribution in [0.1, 0.15) is 40.4 Å². The molecule has 25 heavy (non-hydrogen) atoms. The number of halogens is 1. The van der Waals surface area contributed by atoms with Crippen LogP contribution in [-0.4, -0.2) is 28.9 Å². The molecule has 0 radical (unpaired) electrons. The molecular formula is C21H21ClN2O. The van der Waals surface area contributed by atoms with Crippen molar-refractivity contribution in [3.8, 4) is 0 Å². The highest BCUT2D eigenvalue weighted by Crippen LogP contribution is 2.31. The molecule has 1 N–H and O–H groups in total. The second-order valence-corrected chi connectivity index (χ2v) is 7.27. The Morgan fingerprint density at radius 1 is 1.12 bits per heavy atom. The highest BCUT2D eigenvalue weighted by molar-refractivity contribution is 6.31. The van der Waals surface area contributed by atoms with Crippen molar-refractivity contribution in [1.82, 2.24) is 9.88 Å². The highest BCUT2D eigenvalue weighted by Gasteiger charge is 2.26. The number of aromatic amines is 1. The monoisotopic (exact) mass is 352 g/mol. The van der Waals surface area contributed by atoms with E-state index in [0.717, 1.165) is 53.0 Å². The summed E-state index contributed by atoms with van der Waals surface area (Å²) in [6, 6.07) is 16.0. The number of benzene rings is 2. The smallest absolute Gasteiger partial charge is 0.254 e. The zero-order valence-corrected chi connectivity index (χ0v) is 15.0. The van der Waals surface area contributed by atoms with Crippen LogP contribution in [0.25, 0.3) is 10.9 Å². The van der Waals surface area contributed by atoms with E-state index in [4.69, 9.17) is 11.6 Å². The summed E-state index contributed by atoms with van der Waals surface area (Å²) in [5.41, 5.74) is 4.24. The molecule has 3 nitrogen and oxygen atoms in total. The number of nitrogens with one attached hydrogen (secondary N) is 1. The normalized spacial score (nSPS) is 15.7. The molecule has 2 heterocycles. The minimum atomic E-state index is 0.153. The number of carbonyl (C=O) groups excluding carboxylic acids is 1. The molecule has 1 aliphatic heterocycles. The number of piperidine rings is 1. The van der Waals surface area contributed by atoms with Crippen molar-refractivity contribution in [3.63, 3.8) is 0 Å². The third-order valence-corrected chi connectivity index (χ3v) is 5.44. The van der Waals surface area contributed by atoms with Crippen LogP contribution in [0.5, 0.6) is 0 Å². The minimum absolute atomic E-state index is 0.153. The molecule has 0 atom stereocenters. The van der Waals surface area contributed by atoms with Crippen molar-refractivity contribution in [2.24, 2.45) is 0 Å². The van der Waals surface area contributed by atoms with Gasteiger partial charge in [-0.05, 0) is 55.7 Å². The third kappa shape index (κ3) is 3.16. The number of amides is 1. The van der Waals surface area contributed by atoms with Gasteiger partial charge in [0, 0.05) is 46.2 Å². The van der Waals surface area contributed by atoms with Crippen LogP contribution >= 0.6 is 11.6 Å². The summed E-state index contributed by atoms with van der Waals surface area (Å²) in [6.45, 7) is 3.59. The fraction of sp³-hybridized carbons (Fsp3) is 0.286. The van der Waals surface area contributed by atoms with Crippen molar-refractivity contribution < 1.29 is 4.79 Å². The number of H-pyrrole nitrogens is 1. The number of hydrogen-bond donors (Lipinski definition) is 1. The first-order valence-corrected chi connectivity index (χ1v) is 9.13. The van der Waals surface area contributed by atoms with Gasteiger partial charge in [-0.15, -0.1) is 0 Å². The zero-order valence-electron chi connectivity index (χ0n) is 14.3. The van der Waals surface area contributed by atoms with Gasteiger partial charge in [0.25, 0.3) is 5.91 Å². The van der Waals surface area contributed by atoms with Gasteiger partial charge in [0.15, 0.2) is 0 Å². The van der Waals surface area contributed by atoms with Crippen LogP contribution in [0.15, 0.2) is 48.5 Å². The lowest BCUT2D eigenvalue weighted by atomic mass is 9.93. The Balaban J connectivity index is 1.47. The number of carbonyl (C=O) groups is 1. The number of rotatable bonds is 2. The van der Waals surface area contributed by atoms with Crippen LogP contribution in [0.2, 0.25) is 5.02 Å². The molecule has 2 aromatic carbocycles. The number of aromatic nitrogens is 1. The van der Waals surface area contributed by atoms with Crippen molar-refractivity contribution in [3.05, 3.63) is 70.4 Å². The number of fused-ring (bicyclic) bond motifs is 1. The van der Waals surface area contributed by atoms with E-state index in [-0.39, 0.29) is 5.91 Å². The van der Waals surface area contributed by atoms with Gasteiger partial charge in [-0.25, -0.2) is 0 Å². The van der Waals surface area contributed by atoms with Crippen LogP contribution in [-0.2, 0) is 0 Å². The summed E-state index contributed by atoms with van der Waals surface area (Å²) < 4.78 is 0. The average Bonchev–Trinajstić information content (AvgIpc) is 3.05. The standard InChI is InChI=1S/C21H21ClN2O/c1-14-4-2-3-5-18(14)21(25)24-10-8-15(9-11-24)20-13-16-12-17(22)6-7-19(16)23-20/h2-7,12-13,15,23H,8-11H2,1H3. The quantitative estimate of drug-likeness (QED) is 0.680. The fourth-order valence-corrected chi connectivity index (χ4v) is 3.90. The Bertz CT molecular complexity index is 923. The third-order valence-electron chi connectivity index (χ3n) is 5.20. The predicted molar refractivity (Wildman–Crippen MR) is 102 cm³/mol. The largest absolute Gasteiger partial charge is 0.358 e. The van der Waals surface area contributed by atoms with Crippen LogP contribution in [0, 0.1) is 6.92 Å². The van der Waals surface area contributed by atoms with Crippen LogP contribution < -0.4 is 0 Å². The van der Waals surface area contributed by atoms with Crippen molar-refractivity contribution >= 4 is 28.4 Å². The first-order valence-electron chi connectivity index (χ1n) is 8.75. The Hall–Kier alpha value is -2.26. The molecule has 0 aliphatic carbocycles. The molecule has 3 aromatic rings. The lowest BCUT2D eigenvalue weighted by molar-refractivity contribution is 0.0711. The molecule has 1 aromatic heterocycles. The maximum atomic E-state index is 12.7. The van der Waals surface area contributed by atoms with Gasteiger partial charge < -0.3 is 9.88 Å². The fourth-order valence-electron chi connectivity index (χ4n) is 3.72. The SMILES string of the molecule is Cc1ccccc1C(=O)N1CCC(c2cc3cc(Cl)ccc3[nH]2)CC1. The average molecular weight is 353 g/mol. The van der Waals surface area contributed by atoms with Crippen LogP contribution in [0.4, 0.5) is 0 Å².